The second kappa shape index (κ2) is 6.45. The number of hydrogen-bond donors (Lipinski definition) is 2. The van der Waals surface area contributed by atoms with E-state index in [1.807, 2.05) is 37.3 Å². The van der Waals surface area contributed by atoms with E-state index in [0.717, 1.165) is 28.8 Å². The van der Waals surface area contributed by atoms with Gasteiger partial charge in [0.25, 0.3) is 0 Å². The van der Waals surface area contributed by atoms with E-state index in [1.165, 1.54) is 6.07 Å². The molecule has 3 heteroatoms. The lowest BCUT2D eigenvalue weighted by molar-refractivity contribution is 0.282. The molecule has 100 valence electrons. The maximum absolute atomic E-state index is 13.0. The molecule has 2 aromatic rings. The fourth-order valence-electron chi connectivity index (χ4n) is 1.96. The summed E-state index contributed by atoms with van der Waals surface area (Å²) in [6.45, 7) is 3.45. The summed E-state index contributed by atoms with van der Waals surface area (Å²) in [5.41, 5.74) is 4.15. The minimum absolute atomic E-state index is 0.0719. The van der Waals surface area contributed by atoms with Crippen LogP contribution in [0.15, 0.2) is 42.5 Å². The molecule has 0 aromatic heterocycles. The van der Waals surface area contributed by atoms with Crippen molar-refractivity contribution in [1.82, 2.24) is 5.32 Å². The highest BCUT2D eigenvalue weighted by atomic mass is 19.1. The number of halogens is 1. The van der Waals surface area contributed by atoms with Gasteiger partial charge >= 0.3 is 0 Å². The zero-order valence-electron chi connectivity index (χ0n) is 11.0. The molecule has 0 aliphatic carbocycles. The van der Waals surface area contributed by atoms with E-state index in [-0.39, 0.29) is 12.4 Å². The monoisotopic (exact) mass is 259 g/mol. The number of hydrogen-bond acceptors (Lipinski definition) is 2. The van der Waals surface area contributed by atoms with E-state index < -0.39 is 0 Å². The molecule has 0 unspecified atom stereocenters. The average Bonchev–Trinajstić information content (AvgIpc) is 2.42. The summed E-state index contributed by atoms with van der Waals surface area (Å²) in [5, 5.41) is 12.3. The third kappa shape index (κ3) is 3.88. The Hall–Kier alpha value is -1.71. The summed E-state index contributed by atoms with van der Waals surface area (Å²) >= 11 is 0. The van der Waals surface area contributed by atoms with Crippen molar-refractivity contribution in [2.24, 2.45) is 0 Å². The van der Waals surface area contributed by atoms with Gasteiger partial charge < -0.3 is 10.4 Å². The van der Waals surface area contributed by atoms with Gasteiger partial charge in [0.05, 0.1) is 6.61 Å². The number of aliphatic hydroxyl groups excluding tert-OH is 1. The molecule has 0 amide bonds. The lowest BCUT2D eigenvalue weighted by Crippen LogP contribution is -2.13. The van der Waals surface area contributed by atoms with Crippen molar-refractivity contribution >= 4 is 0 Å². The van der Waals surface area contributed by atoms with E-state index in [1.54, 1.807) is 6.07 Å². The first-order valence-electron chi connectivity index (χ1n) is 6.33. The second-order valence-electron chi connectivity index (χ2n) is 4.65. The summed E-state index contributed by atoms with van der Waals surface area (Å²) in [6, 6.07) is 12.7. The van der Waals surface area contributed by atoms with Crippen LogP contribution in [0.25, 0.3) is 0 Å². The molecule has 2 rings (SSSR count). The second-order valence-corrected chi connectivity index (χ2v) is 4.65. The zero-order chi connectivity index (χ0) is 13.7. The first kappa shape index (κ1) is 13.7. The molecule has 0 saturated heterocycles. The Bertz CT molecular complexity index is 537. The highest BCUT2D eigenvalue weighted by molar-refractivity contribution is 5.27. The standard InChI is InChI=1S/C16H18FNO/c1-12-8-16(17)7-6-15(12)10-18-9-13-2-4-14(11-19)5-3-13/h2-8,18-19H,9-11H2,1H3. The van der Waals surface area contributed by atoms with Crippen molar-refractivity contribution < 1.29 is 9.50 Å². The van der Waals surface area contributed by atoms with Gasteiger partial charge in [-0.2, -0.15) is 0 Å². The van der Waals surface area contributed by atoms with Gasteiger partial charge in [-0.25, -0.2) is 4.39 Å². The third-order valence-electron chi connectivity index (χ3n) is 3.15. The van der Waals surface area contributed by atoms with Crippen LogP contribution in [0.2, 0.25) is 0 Å². The van der Waals surface area contributed by atoms with E-state index in [4.69, 9.17) is 5.11 Å². The number of benzene rings is 2. The van der Waals surface area contributed by atoms with Crippen molar-refractivity contribution in [3.63, 3.8) is 0 Å². The Morgan fingerprint density at radius 2 is 1.68 bits per heavy atom. The number of rotatable bonds is 5. The van der Waals surface area contributed by atoms with Crippen LogP contribution in [0, 0.1) is 12.7 Å². The van der Waals surface area contributed by atoms with Crippen LogP contribution in [0.5, 0.6) is 0 Å². The number of aryl methyl sites for hydroxylation is 1. The van der Waals surface area contributed by atoms with Crippen LogP contribution in [0.3, 0.4) is 0 Å². The summed E-state index contributed by atoms with van der Waals surface area (Å²) in [5.74, 6) is -0.194. The molecule has 0 heterocycles. The van der Waals surface area contributed by atoms with E-state index in [0.29, 0.717) is 6.54 Å². The Kier molecular flexibility index (Phi) is 4.66. The molecular formula is C16H18FNO. The van der Waals surface area contributed by atoms with Crippen LogP contribution in [-0.2, 0) is 19.7 Å². The van der Waals surface area contributed by atoms with Crippen LogP contribution in [0.1, 0.15) is 22.3 Å². The van der Waals surface area contributed by atoms with Crippen LogP contribution < -0.4 is 5.32 Å². The molecule has 19 heavy (non-hydrogen) atoms. The predicted octanol–water partition coefficient (Wildman–Crippen LogP) is 2.92. The first-order valence-corrected chi connectivity index (χ1v) is 6.33. The van der Waals surface area contributed by atoms with Crippen LogP contribution in [-0.4, -0.2) is 5.11 Å². The SMILES string of the molecule is Cc1cc(F)ccc1CNCc1ccc(CO)cc1. The number of nitrogens with one attached hydrogen (secondary N) is 1. The fraction of sp³-hybridized carbons (Fsp3) is 0.250. The van der Waals surface area contributed by atoms with Gasteiger partial charge in [-0.3, -0.25) is 0 Å². The largest absolute Gasteiger partial charge is 0.392 e. The summed E-state index contributed by atoms with van der Waals surface area (Å²) in [7, 11) is 0. The lowest BCUT2D eigenvalue weighted by atomic mass is 10.1. The van der Waals surface area contributed by atoms with Crippen molar-refractivity contribution in [2.45, 2.75) is 26.6 Å². The van der Waals surface area contributed by atoms with Crippen molar-refractivity contribution in [1.29, 1.82) is 0 Å². The molecule has 0 aliphatic heterocycles. The highest BCUT2D eigenvalue weighted by Crippen LogP contribution is 2.10. The molecule has 2 nitrogen and oxygen atoms in total. The molecule has 0 saturated carbocycles. The summed E-state index contributed by atoms with van der Waals surface area (Å²) in [4.78, 5) is 0. The molecule has 0 fully saturated rings. The van der Waals surface area contributed by atoms with Crippen molar-refractivity contribution in [3.8, 4) is 0 Å². The van der Waals surface area contributed by atoms with E-state index in [9.17, 15) is 4.39 Å². The van der Waals surface area contributed by atoms with Gasteiger partial charge in [-0.15, -0.1) is 0 Å². The summed E-state index contributed by atoms with van der Waals surface area (Å²) in [6.07, 6.45) is 0. The maximum atomic E-state index is 13.0. The molecular weight excluding hydrogens is 241 g/mol. The molecule has 0 bridgehead atoms. The van der Waals surface area contributed by atoms with Crippen molar-refractivity contribution in [2.75, 3.05) is 0 Å². The Balaban J connectivity index is 1.88. The Labute approximate surface area is 112 Å². The zero-order valence-corrected chi connectivity index (χ0v) is 11.0. The lowest BCUT2D eigenvalue weighted by Gasteiger charge is -2.08. The molecule has 2 aromatic carbocycles. The van der Waals surface area contributed by atoms with Gasteiger partial charge in [0.1, 0.15) is 5.82 Å². The maximum Gasteiger partial charge on any atom is 0.123 e. The quantitative estimate of drug-likeness (QED) is 0.865. The minimum Gasteiger partial charge on any atom is -0.392 e. The predicted molar refractivity (Wildman–Crippen MR) is 74.0 cm³/mol. The smallest absolute Gasteiger partial charge is 0.123 e. The minimum atomic E-state index is -0.194. The fourth-order valence-corrected chi connectivity index (χ4v) is 1.96. The van der Waals surface area contributed by atoms with Gasteiger partial charge in [0, 0.05) is 13.1 Å². The van der Waals surface area contributed by atoms with Crippen molar-refractivity contribution in [3.05, 3.63) is 70.5 Å². The normalized spacial score (nSPS) is 10.7. The van der Waals surface area contributed by atoms with E-state index >= 15 is 0 Å². The van der Waals surface area contributed by atoms with Crippen LogP contribution in [0.4, 0.5) is 4.39 Å². The van der Waals surface area contributed by atoms with Crippen LogP contribution >= 0.6 is 0 Å². The number of aliphatic hydroxyl groups is 1. The highest BCUT2D eigenvalue weighted by Gasteiger charge is 2.00. The Morgan fingerprint density at radius 3 is 2.32 bits per heavy atom. The molecule has 0 atom stereocenters. The Morgan fingerprint density at radius 1 is 1.00 bits per heavy atom. The summed E-state index contributed by atoms with van der Waals surface area (Å²) < 4.78 is 13.0. The molecule has 0 spiro atoms. The first-order chi connectivity index (χ1) is 9.19. The molecule has 0 radical (unpaired) electrons. The van der Waals surface area contributed by atoms with E-state index in [2.05, 4.69) is 5.32 Å². The van der Waals surface area contributed by atoms with Gasteiger partial charge in [0.2, 0.25) is 0 Å². The topological polar surface area (TPSA) is 32.3 Å². The molecule has 2 N–H and O–H groups in total. The average molecular weight is 259 g/mol. The third-order valence-corrected chi connectivity index (χ3v) is 3.15. The van der Waals surface area contributed by atoms with Gasteiger partial charge in [-0.1, -0.05) is 30.3 Å². The van der Waals surface area contributed by atoms with Gasteiger partial charge in [-0.05, 0) is 41.3 Å². The molecule has 0 aliphatic rings. The van der Waals surface area contributed by atoms with Gasteiger partial charge in [0.15, 0.2) is 0 Å².